The average Bonchev–Trinajstić information content (AvgIpc) is 2.76. The van der Waals surface area contributed by atoms with Crippen LogP contribution in [0.2, 0.25) is 0 Å². The van der Waals surface area contributed by atoms with E-state index in [0.29, 0.717) is 24.2 Å². The Hall–Kier alpha value is -3.22. The molecule has 0 bridgehead atoms. The van der Waals surface area contributed by atoms with Gasteiger partial charge in [0.05, 0.1) is 11.3 Å². The normalized spacial score (nSPS) is 16.0. The summed E-state index contributed by atoms with van der Waals surface area (Å²) in [5.41, 5.74) is 1.65. The van der Waals surface area contributed by atoms with E-state index in [1.54, 1.807) is 36.4 Å². The van der Waals surface area contributed by atoms with E-state index in [1.165, 1.54) is 12.1 Å². The lowest BCUT2D eigenvalue weighted by molar-refractivity contribution is -0.121. The van der Waals surface area contributed by atoms with Gasteiger partial charge in [-0.1, -0.05) is 24.3 Å². The molecule has 2 aromatic rings. The SMILES string of the molecule is O=C(CC[C@@H]1NC(=O)c2ccccc2NC1=O)NCCc1cccc(F)c1. The van der Waals surface area contributed by atoms with E-state index in [1.807, 2.05) is 0 Å². The molecule has 0 aliphatic carbocycles. The molecule has 0 spiro atoms. The van der Waals surface area contributed by atoms with Gasteiger partial charge in [-0.2, -0.15) is 0 Å². The number of nitrogens with one attached hydrogen (secondary N) is 3. The molecule has 1 atom stereocenters. The first-order valence-corrected chi connectivity index (χ1v) is 8.75. The zero-order chi connectivity index (χ0) is 19.2. The Bertz CT molecular complexity index is 869. The molecule has 1 aliphatic rings. The van der Waals surface area contributed by atoms with Gasteiger partial charge in [-0.25, -0.2) is 4.39 Å². The summed E-state index contributed by atoms with van der Waals surface area (Å²) < 4.78 is 13.1. The van der Waals surface area contributed by atoms with Gasteiger partial charge in [-0.15, -0.1) is 0 Å². The molecule has 3 amide bonds. The molecule has 0 aromatic heterocycles. The lowest BCUT2D eigenvalue weighted by Crippen LogP contribution is -2.42. The fourth-order valence-corrected chi connectivity index (χ4v) is 2.92. The Kier molecular flexibility index (Phi) is 5.80. The predicted octanol–water partition coefficient (Wildman–Crippen LogP) is 2.02. The highest BCUT2D eigenvalue weighted by Gasteiger charge is 2.27. The van der Waals surface area contributed by atoms with Crippen LogP contribution in [0, 0.1) is 5.82 Å². The molecule has 0 saturated heterocycles. The van der Waals surface area contributed by atoms with Crippen molar-refractivity contribution in [2.45, 2.75) is 25.3 Å². The minimum absolute atomic E-state index is 0.0951. The summed E-state index contributed by atoms with van der Waals surface area (Å²) in [4.78, 5) is 36.5. The Morgan fingerprint density at radius 2 is 1.93 bits per heavy atom. The summed E-state index contributed by atoms with van der Waals surface area (Å²) >= 11 is 0. The van der Waals surface area contributed by atoms with E-state index >= 15 is 0 Å². The number of anilines is 1. The number of para-hydroxylation sites is 1. The highest BCUT2D eigenvalue weighted by Crippen LogP contribution is 2.19. The van der Waals surface area contributed by atoms with Crippen molar-refractivity contribution in [2.75, 3.05) is 11.9 Å². The molecular weight excluding hydrogens is 349 g/mol. The van der Waals surface area contributed by atoms with Crippen LogP contribution in [0.1, 0.15) is 28.8 Å². The van der Waals surface area contributed by atoms with Crippen molar-refractivity contribution in [2.24, 2.45) is 0 Å². The van der Waals surface area contributed by atoms with Crippen molar-refractivity contribution in [1.29, 1.82) is 0 Å². The Morgan fingerprint density at radius 3 is 2.74 bits per heavy atom. The number of hydrogen-bond donors (Lipinski definition) is 3. The van der Waals surface area contributed by atoms with Crippen LogP contribution >= 0.6 is 0 Å². The zero-order valence-electron chi connectivity index (χ0n) is 14.6. The first kappa shape index (κ1) is 18.6. The summed E-state index contributed by atoms with van der Waals surface area (Å²) in [5.74, 6) is -1.23. The first-order valence-electron chi connectivity index (χ1n) is 8.75. The lowest BCUT2D eigenvalue weighted by atomic mass is 10.1. The predicted molar refractivity (Wildman–Crippen MR) is 98.7 cm³/mol. The number of rotatable bonds is 6. The molecule has 7 heteroatoms. The van der Waals surface area contributed by atoms with E-state index in [-0.39, 0.29) is 36.4 Å². The van der Waals surface area contributed by atoms with Crippen molar-refractivity contribution >= 4 is 23.4 Å². The molecule has 3 N–H and O–H groups in total. The van der Waals surface area contributed by atoms with Gasteiger partial charge >= 0.3 is 0 Å². The van der Waals surface area contributed by atoms with E-state index < -0.39 is 6.04 Å². The Balaban J connectivity index is 1.47. The standard InChI is InChI=1S/C20H20FN3O3/c21-14-5-3-4-13(12-14)10-11-22-18(25)9-8-17-20(27)23-16-7-2-1-6-15(16)19(26)24-17/h1-7,12,17H,8-11H2,(H,22,25)(H,23,27)(H,24,26)/t17-/m0/s1. The molecule has 0 saturated carbocycles. The highest BCUT2D eigenvalue weighted by atomic mass is 19.1. The summed E-state index contributed by atoms with van der Waals surface area (Å²) in [6.07, 6.45) is 0.800. The summed E-state index contributed by atoms with van der Waals surface area (Å²) in [6, 6.07) is 12.2. The van der Waals surface area contributed by atoms with Gasteiger partial charge in [0, 0.05) is 13.0 Å². The fraction of sp³-hybridized carbons (Fsp3) is 0.250. The maximum Gasteiger partial charge on any atom is 0.254 e. The molecule has 1 heterocycles. The molecule has 3 rings (SSSR count). The van der Waals surface area contributed by atoms with Crippen molar-refractivity contribution in [3.05, 3.63) is 65.5 Å². The number of carbonyl (C=O) groups is 3. The van der Waals surface area contributed by atoms with E-state index in [4.69, 9.17) is 0 Å². The fourth-order valence-electron chi connectivity index (χ4n) is 2.92. The second-order valence-corrected chi connectivity index (χ2v) is 6.33. The van der Waals surface area contributed by atoms with Crippen LogP contribution in [0.15, 0.2) is 48.5 Å². The first-order chi connectivity index (χ1) is 13.0. The van der Waals surface area contributed by atoms with Gasteiger partial charge in [-0.05, 0) is 42.7 Å². The zero-order valence-corrected chi connectivity index (χ0v) is 14.6. The van der Waals surface area contributed by atoms with Gasteiger partial charge < -0.3 is 16.0 Å². The number of amides is 3. The van der Waals surface area contributed by atoms with Crippen molar-refractivity contribution in [3.8, 4) is 0 Å². The molecule has 1 aliphatic heterocycles. The van der Waals surface area contributed by atoms with Gasteiger partial charge in [0.2, 0.25) is 11.8 Å². The van der Waals surface area contributed by atoms with Crippen LogP contribution in [0.3, 0.4) is 0 Å². The minimum Gasteiger partial charge on any atom is -0.356 e. The summed E-state index contributed by atoms with van der Waals surface area (Å²) in [7, 11) is 0. The minimum atomic E-state index is -0.779. The number of carbonyl (C=O) groups excluding carboxylic acids is 3. The maximum atomic E-state index is 13.1. The topological polar surface area (TPSA) is 87.3 Å². The molecule has 140 valence electrons. The largest absolute Gasteiger partial charge is 0.356 e. The third kappa shape index (κ3) is 4.91. The van der Waals surface area contributed by atoms with Crippen LogP contribution in [0.5, 0.6) is 0 Å². The summed E-state index contributed by atoms with van der Waals surface area (Å²) in [6.45, 7) is 0.372. The van der Waals surface area contributed by atoms with Crippen LogP contribution in [-0.2, 0) is 16.0 Å². The van der Waals surface area contributed by atoms with Crippen molar-refractivity contribution in [1.82, 2.24) is 10.6 Å². The van der Waals surface area contributed by atoms with Gasteiger partial charge in [0.25, 0.3) is 5.91 Å². The third-order valence-electron chi connectivity index (χ3n) is 4.34. The van der Waals surface area contributed by atoms with E-state index in [9.17, 15) is 18.8 Å². The summed E-state index contributed by atoms with van der Waals surface area (Å²) in [5, 5.41) is 8.11. The maximum absolute atomic E-state index is 13.1. The molecular formula is C20H20FN3O3. The third-order valence-corrected chi connectivity index (χ3v) is 4.34. The van der Waals surface area contributed by atoms with E-state index in [0.717, 1.165) is 5.56 Å². The Labute approximate surface area is 156 Å². The second-order valence-electron chi connectivity index (χ2n) is 6.33. The molecule has 27 heavy (non-hydrogen) atoms. The van der Waals surface area contributed by atoms with Gasteiger partial charge in [0.1, 0.15) is 11.9 Å². The van der Waals surface area contributed by atoms with Crippen LogP contribution in [0.4, 0.5) is 10.1 Å². The molecule has 0 fully saturated rings. The van der Waals surface area contributed by atoms with Crippen molar-refractivity contribution in [3.63, 3.8) is 0 Å². The smallest absolute Gasteiger partial charge is 0.254 e. The molecule has 0 radical (unpaired) electrons. The van der Waals surface area contributed by atoms with Crippen LogP contribution in [-0.4, -0.2) is 30.3 Å². The number of benzene rings is 2. The lowest BCUT2D eigenvalue weighted by Gasteiger charge is -2.14. The highest BCUT2D eigenvalue weighted by molar-refractivity contribution is 6.09. The molecule has 6 nitrogen and oxygen atoms in total. The quantitative estimate of drug-likeness (QED) is 0.728. The molecule has 2 aromatic carbocycles. The van der Waals surface area contributed by atoms with Gasteiger partial charge in [0.15, 0.2) is 0 Å². The van der Waals surface area contributed by atoms with Crippen LogP contribution < -0.4 is 16.0 Å². The Morgan fingerprint density at radius 1 is 1.11 bits per heavy atom. The van der Waals surface area contributed by atoms with Crippen molar-refractivity contribution < 1.29 is 18.8 Å². The average molecular weight is 369 g/mol. The molecule has 0 unspecified atom stereocenters. The van der Waals surface area contributed by atoms with Gasteiger partial charge in [-0.3, -0.25) is 14.4 Å². The number of halogens is 1. The number of fused-ring (bicyclic) bond motifs is 1. The monoisotopic (exact) mass is 369 g/mol. The van der Waals surface area contributed by atoms with Crippen LogP contribution in [0.25, 0.3) is 0 Å². The van der Waals surface area contributed by atoms with E-state index in [2.05, 4.69) is 16.0 Å². The second kappa shape index (κ2) is 8.44. The number of hydrogen-bond acceptors (Lipinski definition) is 3.